The number of aromatic nitrogens is 2. The van der Waals surface area contributed by atoms with Crippen molar-refractivity contribution in [3.05, 3.63) is 71.5 Å². The van der Waals surface area contributed by atoms with E-state index in [1.165, 1.54) is 0 Å². The minimum Gasteiger partial charge on any atom is -0.491 e. The van der Waals surface area contributed by atoms with Crippen LogP contribution < -0.4 is 15.4 Å². The van der Waals surface area contributed by atoms with Crippen molar-refractivity contribution in [1.29, 1.82) is 5.26 Å². The fourth-order valence-corrected chi connectivity index (χ4v) is 2.63. The summed E-state index contributed by atoms with van der Waals surface area (Å²) >= 11 is 0. The van der Waals surface area contributed by atoms with Crippen LogP contribution in [0.2, 0.25) is 0 Å². The Morgan fingerprint density at radius 1 is 1.10 bits per heavy atom. The van der Waals surface area contributed by atoms with Crippen LogP contribution in [0.1, 0.15) is 35.6 Å². The number of amides is 1. The highest BCUT2D eigenvalue weighted by molar-refractivity contribution is 6.03. The van der Waals surface area contributed by atoms with Crippen LogP contribution in [0.3, 0.4) is 0 Å². The fraction of sp³-hybridized carbons (Fsp3) is 0.182. The molecule has 0 spiro atoms. The van der Waals surface area contributed by atoms with Gasteiger partial charge in [0.1, 0.15) is 17.5 Å². The molecule has 0 radical (unpaired) electrons. The monoisotopic (exact) mass is 387 g/mol. The summed E-state index contributed by atoms with van der Waals surface area (Å²) in [5.41, 5.74) is 2.52. The molecule has 3 aromatic rings. The van der Waals surface area contributed by atoms with Crippen LogP contribution in [-0.2, 0) is 0 Å². The van der Waals surface area contributed by atoms with E-state index >= 15 is 0 Å². The molecule has 2 aromatic carbocycles. The third-order valence-corrected chi connectivity index (χ3v) is 3.86. The number of aryl methyl sites for hydroxylation is 1. The van der Waals surface area contributed by atoms with Gasteiger partial charge in [-0.25, -0.2) is 9.97 Å². The second-order valence-corrected chi connectivity index (χ2v) is 6.65. The molecule has 0 fully saturated rings. The van der Waals surface area contributed by atoms with Crippen molar-refractivity contribution in [1.82, 2.24) is 9.97 Å². The Bertz CT molecular complexity index is 1060. The molecule has 0 unspecified atom stereocenters. The Morgan fingerprint density at radius 3 is 2.52 bits per heavy atom. The van der Waals surface area contributed by atoms with Gasteiger partial charge in [0, 0.05) is 11.4 Å². The standard InChI is InChI=1S/C22H21N5O2/c1-14(2)29-18-10-8-17(9-11-18)25-21(28)20-12-15(3)24-22(27-20)26-19-7-5-4-6-16(19)13-23/h4-12,14H,1-3H3,(H,25,28)(H,24,26,27). The van der Waals surface area contributed by atoms with Gasteiger partial charge in [-0.15, -0.1) is 0 Å². The molecule has 1 heterocycles. The highest BCUT2D eigenvalue weighted by Crippen LogP contribution is 2.20. The number of nitriles is 1. The summed E-state index contributed by atoms with van der Waals surface area (Å²) in [7, 11) is 0. The molecular formula is C22H21N5O2. The summed E-state index contributed by atoms with van der Waals surface area (Å²) < 4.78 is 5.60. The van der Waals surface area contributed by atoms with E-state index in [9.17, 15) is 10.1 Å². The largest absolute Gasteiger partial charge is 0.491 e. The maximum absolute atomic E-state index is 12.6. The highest BCUT2D eigenvalue weighted by atomic mass is 16.5. The third kappa shape index (κ3) is 5.30. The van der Waals surface area contributed by atoms with Crippen LogP contribution >= 0.6 is 0 Å². The van der Waals surface area contributed by atoms with Gasteiger partial charge in [0.25, 0.3) is 5.91 Å². The second kappa shape index (κ2) is 8.85. The number of ether oxygens (including phenoxy) is 1. The van der Waals surface area contributed by atoms with Gasteiger partial charge in [-0.1, -0.05) is 12.1 Å². The van der Waals surface area contributed by atoms with Gasteiger partial charge in [-0.3, -0.25) is 4.79 Å². The Morgan fingerprint density at radius 2 is 1.83 bits per heavy atom. The second-order valence-electron chi connectivity index (χ2n) is 6.65. The quantitative estimate of drug-likeness (QED) is 0.649. The third-order valence-electron chi connectivity index (χ3n) is 3.86. The summed E-state index contributed by atoms with van der Waals surface area (Å²) in [5, 5.41) is 15.0. The predicted molar refractivity (Wildman–Crippen MR) is 111 cm³/mol. The average molecular weight is 387 g/mol. The van der Waals surface area contributed by atoms with Crippen molar-refractivity contribution < 1.29 is 9.53 Å². The average Bonchev–Trinajstić information content (AvgIpc) is 2.69. The number of rotatable bonds is 6. The molecule has 0 saturated carbocycles. The molecule has 0 bridgehead atoms. The Balaban J connectivity index is 1.77. The lowest BCUT2D eigenvalue weighted by molar-refractivity contribution is 0.102. The number of hydrogen-bond donors (Lipinski definition) is 2. The van der Waals surface area contributed by atoms with Crippen molar-refractivity contribution in [2.75, 3.05) is 10.6 Å². The van der Waals surface area contributed by atoms with Crippen molar-refractivity contribution in [2.24, 2.45) is 0 Å². The van der Waals surface area contributed by atoms with E-state index in [2.05, 4.69) is 26.7 Å². The molecule has 7 nitrogen and oxygen atoms in total. The summed E-state index contributed by atoms with van der Waals surface area (Å²) in [6.45, 7) is 5.68. The number of carbonyl (C=O) groups excluding carboxylic acids is 1. The van der Waals surface area contributed by atoms with Crippen molar-refractivity contribution >= 4 is 23.2 Å². The first-order valence-corrected chi connectivity index (χ1v) is 9.14. The van der Waals surface area contributed by atoms with Crippen molar-refractivity contribution in [3.8, 4) is 11.8 Å². The maximum atomic E-state index is 12.6. The number of nitrogens with one attached hydrogen (secondary N) is 2. The first-order chi connectivity index (χ1) is 13.9. The SMILES string of the molecule is Cc1cc(C(=O)Nc2ccc(OC(C)C)cc2)nc(Nc2ccccc2C#N)n1. The van der Waals surface area contributed by atoms with Crippen LogP contribution in [0, 0.1) is 18.3 Å². The molecule has 0 aliphatic carbocycles. The molecule has 146 valence electrons. The zero-order valence-corrected chi connectivity index (χ0v) is 16.4. The topological polar surface area (TPSA) is 99.9 Å². The Hall–Kier alpha value is -3.92. The number of benzene rings is 2. The van der Waals surface area contributed by atoms with E-state index in [1.54, 1.807) is 61.5 Å². The minimum atomic E-state index is -0.357. The van der Waals surface area contributed by atoms with Gasteiger partial charge in [0.15, 0.2) is 0 Å². The number of carbonyl (C=O) groups is 1. The van der Waals surface area contributed by atoms with Crippen LogP contribution in [0.25, 0.3) is 0 Å². The van der Waals surface area contributed by atoms with Gasteiger partial charge in [-0.05, 0) is 63.2 Å². The summed E-state index contributed by atoms with van der Waals surface area (Å²) in [6.07, 6.45) is 0.0801. The molecule has 0 aliphatic heterocycles. The van der Waals surface area contributed by atoms with Gasteiger partial charge >= 0.3 is 0 Å². The lowest BCUT2D eigenvalue weighted by Gasteiger charge is -2.11. The van der Waals surface area contributed by atoms with E-state index in [4.69, 9.17) is 4.74 Å². The van der Waals surface area contributed by atoms with E-state index < -0.39 is 0 Å². The number of hydrogen-bond acceptors (Lipinski definition) is 6. The summed E-state index contributed by atoms with van der Waals surface area (Å²) in [5.74, 6) is 0.627. The predicted octanol–water partition coefficient (Wildman–Crippen LogP) is 4.44. The molecule has 1 aromatic heterocycles. The van der Waals surface area contributed by atoms with Crippen molar-refractivity contribution in [3.63, 3.8) is 0 Å². The summed E-state index contributed by atoms with van der Waals surface area (Å²) in [6, 6.07) is 17.9. The first-order valence-electron chi connectivity index (χ1n) is 9.14. The van der Waals surface area contributed by atoms with E-state index in [1.807, 2.05) is 13.8 Å². The molecular weight excluding hydrogens is 366 g/mol. The van der Waals surface area contributed by atoms with Crippen LogP contribution in [0.15, 0.2) is 54.6 Å². The van der Waals surface area contributed by atoms with E-state index in [0.717, 1.165) is 5.75 Å². The smallest absolute Gasteiger partial charge is 0.274 e. The molecule has 0 atom stereocenters. The van der Waals surface area contributed by atoms with Crippen molar-refractivity contribution in [2.45, 2.75) is 26.9 Å². The normalized spacial score (nSPS) is 10.3. The fourth-order valence-electron chi connectivity index (χ4n) is 2.63. The number of anilines is 3. The molecule has 2 N–H and O–H groups in total. The van der Waals surface area contributed by atoms with E-state index in [0.29, 0.717) is 22.6 Å². The number of nitrogens with zero attached hydrogens (tertiary/aromatic N) is 3. The lowest BCUT2D eigenvalue weighted by Crippen LogP contribution is -2.15. The molecule has 0 aliphatic rings. The number of para-hydroxylation sites is 1. The van der Waals surface area contributed by atoms with Crippen LogP contribution in [0.5, 0.6) is 5.75 Å². The first kappa shape index (κ1) is 19.8. The summed E-state index contributed by atoms with van der Waals surface area (Å²) in [4.78, 5) is 21.2. The minimum absolute atomic E-state index is 0.0801. The molecule has 7 heteroatoms. The van der Waals surface area contributed by atoms with Gasteiger partial charge < -0.3 is 15.4 Å². The lowest BCUT2D eigenvalue weighted by atomic mass is 10.2. The Kier molecular flexibility index (Phi) is 6.05. The Labute approximate surface area is 169 Å². The van der Waals surface area contributed by atoms with Crippen LogP contribution in [0.4, 0.5) is 17.3 Å². The molecule has 3 rings (SSSR count). The zero-order chi connectivity index (χ0) is 20.8. The van der Waals surface area contributed by atoms with Gasteiger partial charge in [0.05, 0.1) is 17.4 Å². The van der Waals surface area contributed by atoms with Crippen LogP contribution in [-0.4, -0.2) is 22.0 Å². The van der Waals surface area contributed by atoms with Gasteiger partial charge in [-0.2, -0.15) is 5.26 Å². The molecule has 29 heavy (non-hydrogen) atoms. The maximum Gasteiger partial charge on any atom is 0.274 e. The highest BCUT2D eigenvalue weighted by Gasteiger charge is 2.12. The molecule has 0 saturated heterocycles. The van der Waals surface area contributed by atoms with Gasteiger partial charge in [0.2, 0.25) is 5.95 Å². The zero-order valence-electron chi connectivity index (χ0n) is 16.4. The molecule has 1 amide bonds. The van der Waals surface area contributed by atoms with E-state index in [-0.39, 0.29) is 23.7 Å².